The molecule has 8 heteroatoms. The maximum absolute atomic E-state index is 12.4. The van der Waals surface area contributed by atoms with Crippen LogP contribution in [-0.4, -0.2) is 47.4 Å². The van der Waals surface area contributed by atoms with Crippen LogP contribution in [0.5, 0.6) is 5.75 Å². The number of nitrogens with zero attached hydrogens (tertiary/aromatic N) is 4. The summed E-state index contributed by atoms with van der Waals surface area (Å²) in [6, 6.07) is 3.48. The summed E-state index contributed by atoms with van der Waals surface area (Å²) in [7, 11) is 3.31. The van der Waals surface area contributed by atoms with Crippen molar-refractivity contribution in [2.45, 2.75) is 13.0 Å². The number of pyridine rings is 1. The molecule has 0 aliphatic carbocycles. The number of rotatable bonds is 3. The van der Waals surface area contributed by atoms with Crippen LogP contribution >= 0.6 is 12.4 Å². The van der Waals surface area contributed by atoms with Crippen LogP contribution in [0.4, 0.5) is 5.95 Å². The Morgan fingerprint density at radius 2 is 2.21 bits per heavy atom. The van der Waals surface area contributed by atoms with Gasteiger partial charge in [0.05, 0.1) is 38.3 Å². The van der Waals surface area contributed by atoms with Crippen molar-refractivity contribution in [1.29, 1.82) is 0 Å². The van der Waals surface area contributed by atoms with Crippen molar-refractivity contribution in [2.24, 2.45) is 7.05 Å². The highest BCUT2D eigenvalue weighted by Crippen LogP contribution is 2.28. The number of hydrogen-bond donors (Lipinski definition) is 0. The largest absolute Gasteiger partial charge is 0.494 e. The minimum atomic E-state index is -0.109. The molecule has 1 fully saturated rings. The molecule has 1 aliphatic heterocycles. The second kappa shape index (κ2) is 7.63. The number of halogens is 1. The number of morpholine rings is 1. The Balaban J connectivity index is 0.00000208. The van der Waals surface area contributed by atoms with E-state index in [4.69, 9.17) is 14.5 Å². The number of methoxy groups -OCH3 is 1. The number of anilines is 1. The Morgan fingerprint density at radius 1 is 1.42 bits per heavy atom. The van der Waals surface area contributed by atoms with Crippen molar-refractivity contribution in [3.8, 4) is 17.0 Å². The van der Waals surface area contributed by atoms with E-state index >= 15 is 0 Å². The molecule has 0 unspecified atom stereocenters. The Labute approximate surface area is 146 Å². The Bertz CT molecular complexity index is 765. The lowest BCUT2D eigenvalue weighted by Gasteiger charge is -2.35. The summed E-state index contributed by atoms with van der Waals surface area (Å²) >= 11 is 0. The third-order valence-corrected chi connectivity index (χ3v) is 4.02. The first-order chi connectivity index (χ1) is 11.1. The van der Waals surface area contributed by atoms with Crippen molar-refractivity contribution in [2.75, 3.05) is 31.8 Å². The predicted molar refractivity (Wildman–Crippen MR) is 94.1 cm³/mol. The Hall–Kier alpha value is -2.12. The molecule has 1 aliphatic rings. The van der Waals surface area contributed by atoms with Gasteiger partial charge in [0.25, 0.3) is 5.56 Å². The zero-order valence-electron chi connectivity index (χ0n) is 13.9. The minimum Gasteiger partial charge on any atom is -0.494 e. The van der Waals surface area contributed by atoms with Crippen LogP contribution in [-0.2, 0) is 11.8 Å². The number of hydrogen-bond acceptors (Lipinski definition) is 6. The molecular weight excluding hydrogens is 332 g/mol. The monoisotopic (exact) mass is 352 g/mol. The Morgan fingerprint density at radius 3 is 2.92 bits per heavy atom. The molecule has 3 rings (SSSR count). The lowest BCUT2D eigenvalue weighted by Crippen LogP contribution is -2.46. The summed E-state index contributed by atoms with van der Waals surface area (Å²) in [5.74, 6) is 1.23. The fourth-order valence-electron chi connectivity index (χ4n) is 2.70. The molecule has 130 valence electrons. The fourth-order valence-corrected chi connectivity index (χ4v) is 2.70. The lowest BCUT2D eigenvalue weighted by atomic mass is 10.1. The van der Waals surface area contributed by atoms with Gasteiger partial charge < -0.3 is 14.4 Å². The predicted octanol–water partition coefficient (Wildman–Crippen LogP) is 1.50. The molecule has 0 bridgehead atoms. The van der Waals surface area contributed by atoms with E-state index in [2.05, 4.69) is 16.8 Å². The molecule has 0 aromatic carbocycles. The molecule has 0 saturated carbocycles. The van der Waals surface area contributed by atoms with E-state index in [1.165, 1.54) is 6.07 Å². The van der Waals surface area contributed by atoms with Crippen LogP contribution < -0.4 is 15.2 Å². The summed E-state index contributed by atoms with van der Waals surface area (Å²) in [5.41, 5.74) is 1.23. The molecule has 0 radical (unpaired) electrons. The van der Waals surface area contributed by atoms with Gasteiger partial charge >= 0.3 is 0 Å². The molecule has 2 aromatic rings. The zero-order chi connectivity index (χ0) is 16.4. The molecule has 24 heavy (non-hydrogen) atoms. The van der Waals surface area contributed by atoms with Crippen molar-refractivity contribution in [3.63, 3.8) is 0 Å². The fraction of sp³-hybridized carbons (Fsp3) is 0.438. The van der Waals surface area contributed by atoms with Gasteiger partial charge in [-0.15, -0.1) is 12.4 Å². The normalized spacial score (nSPS) is 17.3. The number of aromatic nitrogens is 3. The van der Waals surface area contributed by atoms with Crippen LogP contribution in [0.2, 0.25) is 0 Å². The molecule has 7 nitrogen and oxygen atoms in total. The summed E-state index contributed by atoms with van der Waals surface area (Å²) in [6.07, 6.45) is 3.28. The third kappa shape index (κ3) is 3.37. The summed E-state index contributed by atoms with van der Waals surface area (Å²) in [5, 5.41) is 0. The average Bonchev–Trinajstić information content (AvgIpc) is 2.58. The molecule has 0 spiro atoms. The van der Waals surface area contributed by atoms with Crippen molar-refractivity contribution >= 4 is 18.4 Å². The van der Waals surface area contributed by atoms with Crippen LogP contribution in [0.1, 0.15) is 6.92 Å². The smallest absolute Gasteiger partial charge is 0.255 e. The average molecular weight is 353 g/mol. The molecule has 1 atom stereocenters. The topological polar surface area (TPSA) is 69.5 Å². The second-order valence-corrected chi connectivity index (χ2v) is 5.53. The highest BCUT2D eigenvalue weighted by atomic mass is 35.5. The van der Waals surface area contributed by atoms with Gasteiger partial charge in [0.1, 0.15) is 5.75 Å². The molecule has 3 heterocycles. The van der Waals surface area contributed by atoms with Crippen LogP contribution in [0.15, 0.2) is 29.3 Å². The van der Waals surface area contributed by atoms with Crippen molar-refractivity contribution in [1.82, 2.24) is 14.5 Å². The first-order valence-electron chi connectivity index (χ1n) is 7.52. The molecule has 0 N–H and O–H groups in total. The van der Waals surface area contributed by atoms with E-state index in [0.29, 0.717) is 37.2 Å². The third-order valence-electron chi connectivity index (χ3n) is 4.02. The van der Waals surface area contributed by atoms with E-state index < -0.39 is 0 Å². The van der Waals surface area contributed by atoms with Gasteiger partial charge in [-0.25, -0.2) is 4.98 Å². The van der Waals surface area contributed by atoms with Crippen molar-refractivity contribution < 1.29 is 9.47 Å². The molecule has 0 amide bonds. The van der Waals surface area contributed by atoms with E-state index in [0.717, 1.165) is 5.56 Å². The first kappa shape index (κ1) is 18.2. The van der Waals surface area contributed by atoms with E-state index in [-0.39, 0.29) is 24.0 Å². The van der Waals surface area contributed by atoms with Crippen LogP contribution in [0, 0.1) is 0 Å². The van der Waals surface area contributed by atoms with E-state index in [9.17, 15) is 4.79 Å². The highest BCUT2D eigenvalue weighted by molar-refractivity contribution is 5.85. The van der Waals surface area contributed by atoms with Crippen LogP contribution in [0.3, 0.4) is 0 Å². The van der Waals surface area contributed by atoms with Gasteiger partial charge in [0.2, 0.25) is 5.95 Å². The van der Waals surface area contributed by atoms with Crippen LogP contribution in [0.25, 0.3) is 11.3 Å². The maximum atomic E-state index is 12.4. The van der Waals surface area contributed by atoms with Gasteiger partial charge in [0.15, 0.2) is 0 Å². The molecule has 2 aromatic heterocycles. The molecule has 1 saturated heterocycles. The Kier molecular flexibility index (Phi) is 5.80. The molecular formula is C16H21ClN4O3. The van der Waals surface area contributed by atoms with Crippen molar-refractivity contribution in [3.05, 3.63) is 34.9 Å². The quantitative estimate of drug-likeness (QED) is 0.833. The zero-order valence-corrected chi connectivity index (χ0v) is 14.7. The standard InChI is InChI=1S/C16H20N4O3.ClH/c1-11-10-23-7-6-20(11)16-18-13(8-15(21)19(16)2)12-4-5-17-9-14(12)22-3;/h4-5,8-9,11H,6-7,10H2,1-3H3;1H/t11-;/m1./s1. The van der Waals surface area contributed by atoms with Gasteiger partial charge in [-0.05, 0) is 13.0 Å². The van der Waals surface area contributed by atoms with Gasteiger partial charge in [-0.1, -0.05) is 0 Å². The minimum absolute atomic E-state index is 0. The summed E-state index contributed by atoms with van der Waals surface area (Å²) in [6.45, 7) is 4.02. The van der Waals surface area contributed by atoms with E-state index in [1.807, 2.05) is 0 Å². The SMILES string of the molecule is COc1cnccc1-c1cc(=O)n(C)c(N2CCOC[C@H]2C)n1.Cl. The van der Waals surface area contributed by atoms with Gasteiger partial charge in [0, 0.05) is 31.4 Å². The first-order valence-corrected chi connectivity index (χ1v) is 7.52. The van der Waals surface area contributed by atoms with E-state index in [1.54, 1.807) is 37.2 Å². The summed E-state index contributed by atoms with van der Waals surface area (Å²) in [4.78, 5) is 23.2. The van der Waals surface area contributed by atoms with Gasteiger partial charge in [-0.2, -0.15) is 0 Å². The number of ether oxygens (including phenoxy) is 2. The second-order valence-electron chi connectivity index (χ2n) is 5.53. The van der Waals surface area contributed by atoms with Gasteiger partial charge in [-0.3, -0.25) is 14.3 Å². The lowest BCUT2D eigenvalue weighted by molar-refractivity contribution is 0.0976. The maximum Gasteiger partial charge on any atom is 0.255 e. The highest BCUT2D eigenvalue weighted by Gasteiger charge is 2.23. The summed E-state index contributed by atoms with van der Waals surface area (Å²) < 4.78 is 12.4.